The zero-order valence-electron chi connectivity index (χ0n) is 9.16. The minimum absolute atomic E-state index is 0.292. The van der Waals surface area contributed by atoms with E-state index in [0.717, 1.165) is 30.3 Å². The standard InChI is InChI=1S/C12H16O3/c1-9(2)6-7-13-10-4-3-5-11-12(10)15-8-14-11/h3-5,9H,6-8H2,1-2H3. The molecule has 3 heteroatoms. The van der Waals surface area contributed by atoms with E-state index in [9.17, 15) is 0 Å². The SMILES string of the molecule is CC(C)CCOc1cccc2c1OCO2. The van der Waals surface area contributed by atoms with E-state index in [1.807, 2.05) is 18.2 Å². The van der Waals surface area contributed by atoms with Gasteiger partial charge in [0.2, 0.25) is 12.5 Å². The molecular weight excluding hydrogens is 192 g/mol. The normalized spacial score (nSPS) is 13.3. The van der Waals surface area contributed by atoms with Crippen LogP contribution in [-0.4, -0.2) is 13.4 Å². The van der Waals surface area contributed by atoms with Crippen molar-refractivity contribution in [2.24, 2.45) is 5.92 Å². The summed E-state index contributed by atoms with van der Waals surface area (Å²) in [4.78, 5) is 0. The number of ether oxygens (including phenoxy) is 3. The van der Waals surface area contributed by atoms with Gasteiger partial charge in [-0.15, -0.1) is 0 Å². The number of para-hydroxylation sites is 1. The van der Waals surface area contributed by atoms with E-state index in [1.165, 1.54) is 0 Å². The summed E-state index contributed by atoms with van der Waals surface area (Å²) >= 11 is 0. The highest BCUT2D eigenvalue weighted by molar-refractivity contribution is 5.52. The Kier molecular flexibility index (Phi) is 2.99. The summed E-state index contributed by atoms with van der Waals surface area (Å²) < 4.78 is 16.3. The monoisotopic (exact) mass is 208 g/mol. The molecule has 0 aromatic heterocycles. The van der Waals surface area contributed by atoms with Crippen LogP contribution < -0.4 is 14.2 Å². The Hall–Kier alpha value is -1.38. The van der Waals surface area contributed by atoms with Crippen LogP contribution in [0.25, 0.3) is 0 Å². The summed E-state index contributed by atoms with van der Waals surface area (Å²) in [6.07, 6.45) is 1.05. The quantitative estimate of drug-likeness (QED) is 0.761. The Morgan fingerprint density at radius 3 is 3.00 bits per heavy atom. The third kappa shape index (κ3) is 2.35. The maximum atomic E-state index is 5.65. The van der Waals surface area contributed by atoms with Crippen LogP contribution in [0.2, 0.25) is 0 Å². The van der Waals surface area contributed by atoms with Crippen LogP contribution in [0.4, 0.5) is 0 Å². The molecule has 0 unspecified atom stereocenters. The number of fused-ring (bicyclic) bond motifs is 1. The molecule has 0 N–H and O–H groups in total. The maximum absolute atomic E-state index is 5.65. The molecule has 1 aromatic rings. The topological polar surface area (TPSA) is 27.7 Å². The molecule has 15 heavy (non-hydrogen) atoms. The molecule has 1 aromatic carbocycles. The van der Waals surface area contributed by atoms with Crippen LogP contribution in [-0.2, 0) is 0 Å². The van der Waals surface area contributed by atoms with Crippen molar-refractivity contribution in [2.45, 2.75) is 20.3 Å². The van der Waals surface area contributed by atoms with E-state index in [1.54, 1.807) is 0 Å². The first-order valence-corrected chi connectivity index (χ1v) is 5.29. The van der Waals surface area contributed by atoms with Gasteiger partial charge >= 0.3 is 0 Å². The van der Waals surface area contributed by atoms with Gasteiger partial charge in [0, 0.05) is 0 Å². The molecule has 0 bridgehead atoms. The largest absolute Gasteiger partial charge is 0.490 e. The van der Waals surface area contributed by atoms with Crippen molar-refractivity contribution in [1.82, 2.24) is 0 Å². The van der Waals surface area contributed by atoms with Crippen LogP contribution in [0.15, 0.2) is 18.2 Å². The molecule has 0 atom stereocenters. The van der Waals surface area contributed by atoms with Crippen LogP contribution in [0.1, 0.15) is 20.3 Å². The van der Waals surface area contributed by atoms with Gasteiger partial charge in [0.05, 0.1) is 6.61 Å². The lowest BCUT2D eigenvalue weighted by Crippen LogP contribution is -2.02. The minimum Gasteiger partial charge on any atom is -0.490 e. The summed E-state index contributed by atoms with van der Waals surface area (Å²) in [6, 6.07) is 5.71. The van der Waals surface area contributed by atoms with E-state index in [0.29, 0.717) is 12.7 Å². The summed E-state index contributed by atoms with van der Waals surface area (Å²) in [5, 5.41) is 0. The van der Waals surface area contributed by atoms with E-state index < -0.39 is 0 Å². The van der Waals surface area contributed by atoms with Crippen molar-refractivity contribution in [3.63, 3.8) is 0 Å². The molecule has 1 aliphatic rings. The molecule has 1 heterocycles. The molecule has 1 aliphatic heterocycles. The van der Waals surface area contributed by atoms with Crippen molar-refractivity contribution in [3.8, 4) is 17.2 Å². The molecule has 0 saturated heterocycles. The Balaban J connectivity index is 2.00. The van der Waals surface area contributed by atoms with E-state index in [2.05, 4.69) is 13.8 Å². The second kappa shape index (κ2) is 4.43. The Bertz CT molecular complexity index is 334. The number of rotatable bonds is 4. The van der Waals surface area contributed by atoms with Gasteiger partial charge in [0.1, 0.15) is 0 Å². The van der Waals surface area contributed by atoms with Crippen LogP contribution in [0.5, 0.6) is 17.2 Å². The third-order valence-corrected chi connectivity index (χ3v) is 2.31. The number of hydrogen-bond donors (Lipinski definition) is 0. The summed E-state index contributed by atoms with van der Waals surface area (Å²) in [6.45, 7) is 5.37. The van der Waals surface area contributed by atoms with Crippen molar-refractivity contribution in [3.05, 3.63) is 18.2 Å². The molecule has 0 fully saturated rings. The molecule has 0 saturated carbocycles. The molecule has 0 aliphatic carbocycles. The van der Waals surface area contributed by atoms with Gasteiger partial charge < -0.3 is 14.2 Å². The lowest BCUT2D eigenvalue weighted by atomic mass is 10.1. The van der Waals surface area contributed by atoms with Crippen LogP contribution in [0, 0.1) is 5.92 Å². The predicted molar refractivity (Wildman–Crippen MR) is 57.5 cm³/mol. The molecule has 0 radical (unpaired) electrons. The average Bonchev–Trinajstić information content (AvgIpc) is 2.65. The lowest BCUT2D eigenvalue weighted by molar-refractivity contribution is 0.169. The smallest absolute Gasteiger partial charge is 0.231 e. The molecule has 82 valence electrons. The molecule has 0 spiro atoms. The van der Waals surface area contributed by atoms with Gasteiger partial charge in [0.15, 0.2) is 11.5 Å². The fraction of sp³-hybridized carbons (Fsp3) is 0.500. The van der Waals surface area contributed by atoms with Crippen molar-refractivity contribution < 1.29 is 14.2 Å². The van der Waals surface area contributed by atoms with Crippen LogP contribution in [0.3, 0.4) is 0 Å². The van der Waals surface area contributed by atoms with E-state index in [4.69, 9.17) is 14.2 Å². The summed E-state index contributed by atoms with van der Waals surface area (Å²) in [5.41, 5.74) is 0. The fourth-order valence-electron chi connectivity index (χ4n) is 1.42. The molecule has 2 rings (SSSR count). The first-order chi connectivity index (χ1) is 7.27. The van der Waals surface area contributed by atoms with Crippen molar-refractivity contribution >= 4 is 0 Å². The maximum Gasteiger partial charge on any atom is 0.231 e. The molecule has 0 amide bonds. The second-order valence-corrected chi connectivity index (χ2v) is 4.02. The zero-order chi connectivity index (χ0) is 10.7. The molecule has 3 nitrogen and oxygen atoms in total. The van der Waals surface area contributed by atoms with Gasteiger partial charge in [-0.3, -0.25) is 0 Å². The van der Waals surface area contributed by atoms with Gasteiger partial charge in [-0.2, -0.15) is 0 Å². The third-order valence-electron chi connectivity index (χ3n) is 2.31. The predicted octanol–water partition coefficient (Wildman–Crippen LogP) is 2.84. The van der Waals surface area contributed by atoms with Gasteiger partial charge in [-0.25, -0.2) is 0 Å². The summed E-state index contributed by atoms with van der Waals surface area (Å²) in [7, 11) is 0. The highest BCUT2D eigenvalue weighted by Gasteiger charge is 2.17. The first-order valence-electron chi connectivity index (χ1n) is 5.29. The highest BCUT2D eigenvalue weighted by atomic mass is 16.7. The Labute approximate surface area is 90.0 Å². The Morgan fingerprint density at radius 2 is 2.20 bits per heavy atom. The van der Waals surface area contributed by atoms with Crippen molar-refractivity contribution in [1.29, 1.82) is 0 Å². The number of benzene rings is 1. The molecular formula is C12H16O3. The first kappa shape index (κ1) is 10.1. The van der Waals surface area contributed by atoms with Gasteiger partial charge in [-0.1, -0.05) is 19.9 Å². The van der Waals surface area contributed by atoms with E-state index >= 15 is 0 Å². The van der Waals surface area contributed by atoms with Crippen LogP contribution >= 0.6 is 0 Å². The van der Waals surface area contributed by atoms with E-state index in [-0.39, 0.29) is 0 Å². The highest BCUT2D eigenvalue weighted by Crippen LogP contribution is 2.40. The minimum atomic E-state index is 0.292. The second-order valence-electron chi connectivity index (χ2n) is 4.02. The van der Waals surface area contributed by atoms with Gasteiger partial charge in [-0.05, 0) is 24.5 Å². The summed E-state index contributed by atoms with van der Waals surface area (Å²) in [5.74, 6) is 2.95. The number of hydrogen-bond acceptors (Lipinski definition) is 3. The van der Waals surface area contributed by atoms with Gasteiger partial charge in [0.25, 0.3) is 0 Å². The zero-order valence-corrected chi connectivity index (χ0v) is 9.16. The fourth-order valence-corrected chi connectivity index (χ4v) is 1.42. The Morgan fingerprint density at radius 1 is 1.33 bits per heavy atom. The average molecular weight is 208 g/mol. The lowest BCUT2D eigenvalue weighted by Gasteiger charge is -2.09. The van der Waals surface area contributed by atoms with Crippen molar-refractivity contribution in [2.75, 3.05) is 13.4 Å².